The number of fused-ring (bicyclic) bond motifs is 1. The predicted molar refractivity (Wildman–Crippen MR) is 83.4 cm³/mol. The van der Waals surface area contributed by atoms with Crippen LogP contribution in [0.25, 0.3) is 10.9 Å². The van der Waals surface area contributed by atoms with Crippen LogP contribution in [-0.4, -0.2) is 10.1 Å². The lowest BCUT2D eigenvalue weighted by atomic mass is 9.98. The van der Waals surface area contributed by atoms with Crippen LogP contribution in [0.1, 0.15) is 27.9 Å². The molecular weight excluding hydrogens is 246 g/mol. The molecule has 3 rings (SSSR count). The lowest BCUT2D eigenvalue weighted by Crippen LogP contribution is -1.90. The fraction of sp³-hybridized carbons (Fsp3) is 0.222. The molecule has 102 valence electrons. The molecule has 0 amide bonds. The van der Waals surface area contributed by atoms with Crippen molar-refractivity contribution < 1.29 is 5.11 Å². The average molecular weight is 265 g/mol. The summed E-state index contributed by atoms with van der Waals surface area (Å²) < 4.78 is 0. The van der Waals surface area contributed by atoms with E-state index < -0.39 is 0 Å². The molecule has 2 heteroatoms. The van der Waals surface area contributed by atoms with Crippen molar-refractivity contribution in [3.05, 3.63) is 64.3 Å². The molecule has 3 aromatic rings. The minimum absolute atomic E-state index is 0.316. The SMILES string of the molecule is Cc1[nH]c2c(C)ccc(C)c2c1Cc1ccc(O)cc1. The smallest absolute Gasteiger partial charge is 0.115 e. The molecule has 0 atom stereocenters. The first kappa shape index (κ1) is 12.8. The van der Waals surface area contributed by atoms with Gasteiger partial charge in [0.05, 0.1) is 0 Å². The van der Waals surface area contributed by atoms with E-state index in [1.807, 2.05) is 12.1 Å². The van der Waals surface area contributed by atoms with Crippen molar-refractivity contribution in [3.63, 3.8) is 0 Å². The Labute approximate surface area is 119 Å². The number of aryl methyl sites for hydroxylation is 3. The van der Waals surface area contributed by atoms with Gasteiger partial charge in [0.1, 0.15) is 5.75 Å². The zero-order valence-corrected chi connectivity index (χ0v) is 12.1. The van der Waals surface area contributed by atoms with E-state index in [1.165, 1.54) is 38.9 Å². The summed E-state index contributed by atoms with van der Waals surface area (Å²) in [7, 11) is 0. The Morgan fingerprint density at radius 3 is 2.25 bits per heavy atom. The highest BCUT2D eigenvalue weighted by Crippen LogP contribution is 2.30. The number of rotatable bonds is 2. The molecule has 0 unspecified atom stereocenters. The van der Waals surface area contributed by atoms with Gasteiger partial charge in [-0.25, -0.2) is 0 Å². The van der Waals surface area contributed by atoms with Crippen molar-refractivity contribution in [2.45, 2.75) is 27.2 Å². The van der Waals surface area contributed by atoms with E-state index in [-0.39, 0.29) is 0 Å². The highest BCUT2D eigenvalue weighted by Gasteiger charge is 2.12. The molecule has 20 heavy (non-hydrogen) atoms. The number of aromatic amines is 1. The maximum atomic E-state index is 9.38. The second kappa shape index (κ2) is 4.71. The lowest BCUT2D eigenvalue weighted by molar-refractivity contribution is 0.475. The molecule has 0 saturated heterocycles. The summed E-state index contributed by atoms with van der Waals surface area (Å²) in [5, 5.41) is 10.7. The fourth-order valence-electron chi connectivity index (χ4n) is 2.85. The highest BCUT2D eigenvalue weighted by molar-refractivity contribution is 5.90. The zero-order chi connectivity index (χ0) is 14.3. The minimum atomic E-state index is 0.316. The van der Waals surface area contributed by atoms with Gasteiger partial charge in [0.15, 0.2) is 0 Å². The second-order valence-electron chi connectivity index (χ2n) is 5.52. The van der Waals surface area contributed by atoms with Crippen molar-refractivity contribution in [1.82, 2.24) is 4.98 Å². The lowest BCUT2D eigenvalue weighted by Gasteiger charge is -2.05. The summed E-state index contributed by atoms with van der Waals surface area (Å²) in [4.78, 5) is 3.52. The number of aromatic hydroxyl groups is 1. The van der Waals surface area contributed by atoms with E-state index in [2.05, 4.69) is 37.9 Å². The first-order chi connectivity index (χ1) is 9.56. The third-order valence-corrected chi connectivity index (χ3v) is 4.01. The highest BCUT2D eigenvalue weighted by atomic mass is 16.3. The van der Waals surface area contributed by atoms with E-state index >= 15 is 0 Å². The maximum absolute atomic E-state index is 9.38. The molecule has 2 N–H and O–H groups in total. The van der Waals surface area contributed by atoms with Gasteiger partial charge >= 0.3 is 0 Å². The summed E-state index contributed by atoms with van der Waals surface area (Å²) >= 11 is 0. The Morgan fingerprint density at radius 2 is 1.55 bits per heavy atom. The van der Waals surface area contributed by atoms with Gasteiger partial charge in [-0.15, -0.1) is 0 Å². The molecule has 0 bridgehead atoms. The molecule has 2 nitrogen and oxygen atoms in total. The number of phenolic OH excluding ortho intramolecular Hbond substituents is 1. The largest absolute Gasteiger partial charge is 0.508 e. The first-order valence-electron chi connectivity index (χ1n) is 6.91. The zero-order valence-electron chi connectivity index (χ0n) is 12.1. The number of hydrogen-bond donors (Lipinski definition) is 2. The van der Waals surface area contributed by atoms with Crippen LogP contribution in [0.15, 0.2) is 36.4 Å². The van der Waals surface area contributed by atoms with Crippen LogP contribution in [0.4, 0.5) is 0 Å². The Morgan fingerprint density at radius 1 is 0.900 bits per heavy atom. The van der Waals surface area contributed by atoms with Crippen LogP contribution in [0, 0.1) is 20.8 Å². The van der Waals surface area contributed by atoms with Gasteiger partial charge in [-0.05, 0) is 61.6 Å². The van der Waals surface area contributed by atoms with Crippen LogP contribution < -0.4 is 0 Å². The van der Waals surface area contributed by atoms with Gasteiger partial charge in [0.25, 0.3) is 0 Å². The number of H-pyrrole nitrogens is 1. The second-order valence-corrected chi connectivity index (χ2v) is 5.52. The fourth-order valence-corrected chi connectivity index (χ4v) is 2.85. The van der Waals surface area contributed by atoms with Gasteiger partial charge in [0, 0.05) is 16.6 Å². The quantitative estimate of drug-likeness (QED) is 0.708. The van der Waals surface area contributed by atoms with Crippen LogP contribution >= 0.6 is 0 Å². The van der Waals surface area contributed by atoms with Gasteiger partial charge < -0.3 is 10.1 Å². The number of nitrogens with one attached hydrogen (secondary N) is 1. The topological polar surface area (TPSA) is 36.0 Å². The summed E-state index contributed by atoms with van der Waals surface area (Å²) in [6.45, 7) is 6.44. The van der Waals surface area contributed by atoms with Crippen LogP contribution in [0.2, 0.25) is 0 Å². The molecule has 0 aliphatic carbocycles. The van der Waals surface area contributed by atoms with Crippen molar-refractivity contribution in [2.24, 2.45) is 0 Å². The van der Waals surface area contributed by atoms with Crippen LogP contribution in [0.5, 0.6) is 5.75 Å². The minimum Gasteiger partial charge on any atom is -0.508 e. The van der Waals surface area contributed by atoms with Crippen molar-refractivity contribution >= 4 is 10.9 Å². The molecule has 1 aromatic heterocycles. The average Bonchev–Trinajstić information content (AvgIpc) is 2.75. The van der Waals surface area contributed by atoms with Gasteiger partial charge in [0.2, 0.25) is 0 Å². The molecule has 0 spiro atoms. The monoisotopic (exact) mass is 265 g/mol. The molecule has 1 heterocycles. The third-order valence-electron chi connectivity index (χ3n) is 4.01. The van der Waals surface area contributed by atoms with Gasteiger partial charge in [-0.3, -0.25) is 0 Å². The van der Waals surface area contributed by atoms with Gasteiger partial charge in [-0.1, -0.05) is 24.3 Å². The van der Waals surface area contributed by atoms with Crippen LogP contribution in [-0.2, 0) is 6.42 Å². The number of hydrogen-bond acceptors (Lipinski definition) is 1. The Bertz CT molecular complexity index is 766. The standard InChI is InChI=1S/C18H19NO/c1-11-4-5-12(2)18-17(11)16(13(3)19-18)10-14-6-8-15(20)9-7-14/h4-9,19-20H,10H2,1-3H3. The number of benzene rings is 2. The van der Waals surface area contributed by atoms with Gasteiger partial charge in [-0.2, -0.15) is 0 Å². The first-order valence-corrected chi connectivity index (χ1v) is 6.91. The van der Waals surface area contributed by atoms with Crippen molar-refractivity contribution in [3.8, 4) is 5.75 Å². The number of aromatic nitrogens is 1. The Balaban J connectivity index is 2.14. The van der Waals surface area contributed by atoms with E-state index in [1.54, 1.807) is 12.1 Å². The Kier molecular flexibility index (Phi) is 3.01. The normalized spacial score (nSPS) is 11.2. The summed E-state index contributed by atoms with van der Waals surface area (Å²) in [5.74, 6) is 0.316. The van der Waals surface area contributed by atoms with E-state index in [4.69, 9.17) is 0 Å². The molecular formula is C18H19NO. The summed E-state index contributed by atoms with van der Waals surface area (Å²) in [5.41, 5.74) is 7.63. The summed E-state index contributed by atoms with van der Waals surface area (Å²) in [6, 6.07) is 11.8. The van der Waals surface area contributed by atoms with E-state index in [0.29, 0.717) is 5.75 Å². The Hall–Kier alpha value is -2.22. The molecule has 2 aromatic carbocycles. The molecule has 0 saturated carbocycles. The third kappa shape index (κ3) is 2.07. The van der Waals surface area contributed by atoms with Crippen molar-refractivity contribution in [2.75, 3.05) is 0 Å². The maximum Gasteiger partial charge on any atom is 0.115 e. The number of phenols is 1. The van der Waals surface area contributed by atoms with E-state index in [0.717, 1.165) is 6.42 Å². The van der Waals surface area contributed by atoms with Crippen molar-refractivity contribution in [1.29, 1.82) is 0 Å². The summed E-state index contributed by atoms with van der Waals surface area (Å²) in [6.07, 6.45) is 0.885. The van der Waals surface area contributed by atoms with Crippen LogP contribution in [0.3, 0.4) is 0 Å². The predicted octanol–water partition coefficient (Wildman–Crippen LogP) is 4.39. The van der Waals surface area contributed by atoms with E-state index in [9.17, 15) is 5.11 Å². The molecule has 0 aliphatic heterocycles. The molecule has 0 radical (unpaired) electrons. The molecule has 0 aliphatic rings. The molecule has 0 fully saturated rings.